The lowest BCUT2D eigenvalue weighted by molar-refractivity contribution is 0.0122. The van der Waals surface area contributed by atoms with Gasteiger partial charge in [0, 0.05) is 32.8 Å². The molecular weight excluding hydrogens is 238 g/mol. The molecule has 19 heavy (non-hydrogen) atoms. The number of pyridine rings is 1. The fourth-order valence-corrected chi connectivity index (χ4v) is 2.60. The highest BCUT2D eigenvalue weighted by Gasteiger charge is 2.19. The molecule has 1 saturated heterocycles. The van der Waals surface area contributed by atoms with E-state index in [1.54, 1.807) is 0 Å². The SMILES string of the molecule is CCOC1CCN(Cc2cccc(CNC)n2)CC1. The van der Waals surface area contributed by atoms with Gasteiger partial charge in [-0.1, -0.05) is 6.07 Å². The van der Waals surface area contributed by atoms with Gasteiger partial charge < -0.3 is 10.1 Å². The van der Waals surface area contributed by atoms with E-state index in [0.29, 0.717) is 6.10 Å². The summed E-state index contributed by atoms with van der Waals surface area (Å²) >= 11 is 0. The minimum absolute atomic E-state index is 0.463. The van der Waals surface area contributed by atoms with Gasteiger partial charge in [-0.05, 0) is 38.9 Å². The van der Waals surface area contributed by atoms with Crippen LogP contribution in [0.3, 0.4) is 0 Å². The molecule has 0 unspecified atom stereocenters. The van der Waals surface area contributed by atoms with Crippen LogP contribution in [0.4, 0.5) is 0 Å². The summed E-state index contributed by atoms with van der Waals surface area (Å²) in [4.78, 5) is 7.15. The van der Waals surface area contributed by atoms with Crippen molar-refractivity contribution in [2.45, 2.75) is 39.0 Å². The highest BCUT2D eigenvalue weighted by molar-refractivity contribution is 5.11. The first-order valence-electron chi connectivity index (χ1n) is 7.25. The maximum absolute atomic E-state index is 5.68. The molecule has 4 nitrogen and oxygen atoms in total. The van der Waals surface area contributed by atoms with E-state index in [1.807, 2.05) is 7.05 Å². The van der Waals surface area contributed by atoms with Crippen molar-refractivity contribution >= 4 is 0 Å². The van der Waals surface area contributed by atoms with Crippen molar-refractivity contribution in [3.63, 3.8) is 0 Å². The Kier molecular flexibility index (Phi) is 5.76. The molecule has 1 fully saturated rings. The Balaban J connectivity index is 1.83. The van der Waals surface area contributed by atoms with Gasteiger partial charge >= 0.3 is 0 Å². The van der Waals surface area contributed by atoms with Crippen LogP contribution in [0, 0.1) is 0 Å². The van der Waals surface area contributed by atoms with Crippen molar-refractivity contribution in [1.82, 2.24) is 15.2 Å². The minimum Gasteiger partial charge on any atom is -0.378 e. The Morgan fingerprint density at radius 2 is 2.05 bits per heavy atom. The molecule has 2 heterocycles. The van der Waals surface area contributed by atoms with E-state index in [2.05, 4.69) is 40.3 Å². The molecule has 0 bridgehead atoms. The van der Waals surface area contributed by atoms with Gasteiger partial charge in [0.15, 0.2) is 0 Å². The number of nitrogens with one attached hydrogen (secondary N) is 1. The lowest BCUT2D eigenvalue weighted by Gasteiger charge is -2.31. The predicted octanol–water partition coefficient (Wildman–Crippen LogP) is 1.80. The number of hydrogen-bond acceptors (Lipinski definition) is 4. The second-order valence-electron chi connectivity index (χ2n) is 5.08. The van der Waals surface area contributed by atoms with Crippen molar-refractivity contribution in [2.75, 3.05) is 26.7 Å². The molecule has 0 spiro atoms. The summed E-state index contributed by atoms with van der Waals surface area (Å²) in [6.45, 7) is 6.92. The molecule has 1 aromatic heterocycles. The van der Waals surface area contributed by atoms with Gasteiger partial charge in [0.25, 0.3) is 0 Å². The zero-order valence-corrected chi connectivity index (χ0v) is 12.1. The monoisotopic (exact) mass is 263 g/mol. The fraction of sp³-hybridized carbons (Fsp3) is 0.667. The molecule has 4 heteroatoms. The van der Waals surface area contributed by atoms with Crippen LogP contribution in [-0.2, 0) is 17.8 Å². The summed E-state index contributed by atoms with van der Waals surface area (Å²) in [6, 6.07) is 6.29. The topological polar surface area (TPSA) is 37.4 Å². The number of likely N-dealkylation sites (tertiary alicyclic amines) is 1. The second kappa shape index (κ2) is 7.58. The van der Waals surface area contributed by atoms with Crippen molar-refractivity contribution in [3.05, 3.63) is 29.6 Å². The van der Waals surface area contributed by atoms with Gasteiger partial charge in [0.2, 0.25) is 0 Å². The van der Waals surface area contributed by atoms with Crippen molar-refractivity contribution in [2.24, 2.45) is 0 Å². The van der Waals surface area contributed by atoms with E-state index in [4.69, 9.17) is 4.74 Å². The smallest absolute Gasteiger partial charge is 0.0599 e. The van der Waals surface area contributed by atoms with E-state index in [9.17, 15) is 0 Å². The molecule has 0 aliphatic carbocycles. The summed E-state index contributed by atoms with van der Waals surface area (Å²) < 4.78 is 5.68. The third-order valence-electron chi connectivity index (χ3n) is 3.54. The number of rotatable bonds is 6. The van der Waals surface area contributed by atoms with E-state index in [0.717, 1.165) is 51.3 Å². The zero-order valence-electron chi connectivity index (χ0n) is 12.1. The van der Waals surface area contributed by atoms with E-state index in [1.165, 1.54) is 5.69 Å². The van der Waals surface area contributed by atoms with E-state index in [-0.39, 0.29) is 0 Å². The van der Waals surface area contributed by atoms with Crippen LogP contribution in [0.2, 0.25) is 0 Å². The van der Waals surface area contributed by atoms with Crippen LogP contribution in [-0.4, -0.2) is 42.7 Å². The molecule has 106 valence electrons. The molecule has 1 aliphatic heterocycles. The maximum Gasteiger partial charge on any atom is 0.0599 e. The molecule has 1 aromatic rings. The third-order valence-corrected chi connectivity index (χ3v) is 3.54. The standard InChI is InChI=1S/C15H25N3O/c1-3-19-15-7-9-18(10-8-15)12-14-6-4-5-13(17-14)11-16-2/h4-6,15-16H,3,7-12H2,1-2H3. The second-order valence-corrected chi connectivity index (χ2v) is 5.08. The van der Waals surface area contributed by atoms with Crippen LogP contribution in [0.25, 0.3) is 0 Å². The molecule has 0 aromatic carbocycles. The molecule has 0 amide bonds. The quantitative estimate of drug-likeness (QED) is 0.849. The van der Waals surface area contributed by atoms with Crippen molar-refractivity contribution < 1.29 is 4.74 Å². The van der Waals surface area contributed by atoms with Gasteiger partial charge in [0.1, 0.15) is 0 Å². The summed E-state index contributed by atoms with van der Waals surface area (Å²) in [6.07, 6.45) is 2.75. The summed E-state index contributed by atoms with van der Waals surface area (Å²) in [5.41, 5.74) is 2.28. The lowest BCUT2D eigenvalue weighted by atomic mass is 10.1. The molecular formula is C15H25N3O. The van der Waals surface area contributed by atoms with Gasteiger partial charge in [-0.15, -0.1) is 0 Å². The highest BCUT2D eigenvalue weighted by atomic mass is 16.5. The Bertz CT molecular complexity index is 375. The maximum atomic E-state index is 5.68. The van der Waals surface area contributed by atoms with E-state index < -0.39 is 0 Å². The first-order valence-corrected chi connectivity index (χ1v) is 7.25. The van der Waals surface area contributed by atoms with E-state index >= 15 is 0 Å². The van der Waals surface area contributed by atoms with Crippen LogP contribution in [0.1, 0.15) is 31.2 Å². The van der Waals surface area contributed by atoms with Crippen LogP contribution >= 0.6 is 0 Å². The van der Waals surface area contributed by atoms with Crippen LogP contribution < -0.4 is 5.32 Å². The minimum atomic E-state index is 0.463. The lowest BCUT2D eigenvalue weighted by Crippen LogP contribution is -2.36. The number of ether oxygens (including phenoxy) is 1. The largest absolute Gasteiger partial charge is 0.378 e. The first kappa shape index (κ1) is 14.4. The molecule has 0 radical (unpaired) electrons. The van der Waals surface area contributed by atoms with Gasteiger partial charge in [-0.3, -0.25) is 9.88 Å². The molecule has 2 rings (SSSR count). The Morgan fingerprint density at radius 1 is 1.32 bits per heavy atom. The molecule has 1 N–H and O–H groups in total. The number of piperidine rings is 1. The fourth-order valence-electron chi connectivity index (χ4n) is 2.60. The Labute approximate surface area is 116 Å². The average molecular weight is 263 g/mol. The number of aromatic nitrogens is 1. The molecule has 0 atom stereocenters. The van der Waals surface area contributed by atoms with Crippen molar-refractivity contribution in [1.29, 1.82) is 0 Å². The van der Waals surface area contributed by atoms with Crippen LogP contribution in [0.15, 0.2) is 18.2 Å². The average Bonchev–Trinajstić information content (AvgIpc) is 2.42. The molecule has 1 aliphatic rings. The zero-order chi connectivity index (χ0) is 13.5. The van der Waals surface area contributed by atoms with Gasteiger partial charge in [-0.2, -0.15) is 0 Å². The third kappa shape index (κ3) is 4.56. The highest BCUT2D eigenvalue weighted by Crippen LogP contribution is 2.15. The summed E-state index contributed by atoms with van der Waals surface area (Å²) in [5, 5.41) is 3.14. The molecule has 0 saturated carbocycles. The predicted molar refractivity (Wildman–Crippen MR) is 76.9 cm³/mol. The summed E-state index contributed by atoms with van der Waals surface area (Å²) in [7, 11) is 1.95. The van der Waals surface area contributed by atoms with Gasteiger partial charge in [0.05, 0.1) is 17.5 Å². The number of hydrogen-bond donors (Lipinski definition) is 1. The van der Waals surface area contributed by atoms with Crippen LogP contribution in [0.5, 0.6) is 0 Å². The number of nitrogens with zero attached hydrogens (tertiary/aromatic N) is 2. The summed E-state index contributed by atoms with van der Waals surface area (Å²) in [5.74, 6) is 0. The first-order chi connectivity index (χ1) is 9.31. The van der Waals surface area contributed by atoms with Gasteiger partial charge in [-0.25, -0.2) is 0 Å². The Hall–Kier alpha value is -0.970. The normalized spacial score (nSPS) is 17.8. The van der Waals surface area contributed by atoms with Crippen molar-refractivity contribution in [3.8, 4) is 0 Å². The Morgan fingerprint density at radius 3 is 2.74 bits per heavy atom.